The third-order valence-electron chi connectivity index (χ3n) is 2.12. The lowest BCUT2D eigenvalue weighted by molar-refractivity contribution is 0.318. The fraction of sp³-hybridized carbons (Fsp3) is 0.100. The molecule has 0 unspecified atom stereocenters. The Labute approximate surface area is 101 Å². The van der Waals surface area contributed by atoms with E-state index in [0.717, 1.165) is 6.07 Å². The van der Waals surface area contributed by atoms with Gasteiger partial charge in [-0.1, -0.05) is 5.16 Å². The number of hydrogen-bond donors (Lipinski definition) is 2. The van der Waals surface area contributed by atoms with Crippen molar-refractivity contribution >= 4 is 5.84 Å². The van der Waals surface area contributed by atoms with Crippen molar-refractivity contribution in [1.82, 2.24) is 14.8 Å². The van der Waals surface area contributed by atoms with Gasteiger partial charge in [-0.15, -0.1) is 5.10 Å². The molecule has 2 rings (SSSR count). The lowest BCUT2D eigenvalue weighted by Crippen LogP contribution is -2.13. The highest BCUT2D eigenvalue weighted by Crippen LogP contribution is 2.22. The van der Waals surface area contributed by atoms with Crippen LogP contribution in [0.4, 0.5) is 4.39 Å². The summed E-state index contributed by atoms with van der Waals surface area (Å²) in [4.78, 5) is 3.80. The zero-order chi connectivity index (χ0) is 13.1. The summed E-state index contributed by atoms with van der Waals surface area (Å²) in [6, 6.07) is 3.93. The maximum Gasteiger partial charge on any atom is 0.341 e. The Morgan fingerprint density at radius 3 is 2.89 bits per heavy atom. The van der Waals surface area contributed by atoms with Crippen molar-refractivity contribution in [2.45, 2.75) is 0 Å². The van der Waals surface area contributed by atoms with Crippen LogP contribution >= 0.6 is 0 Å². The van der Waals surface area contributed by atoms with Gasteiger partial charge in [0.15, 0.2) is 17.4 Å². The molecule has 18 heavy (non-hydrogen) atoms. The van der Waals surface area contributed by atoms with Gasteiger partial charge < -0.3 is 15.7 Å². The summed E-state index contributed by atoms with van der Waals surface area (Å²) in [5.41, 5.74) is 5.58. The number of oxime groups is 1. The zero-order valence-corrected chi connectivity index (χ0v) is 9.41. The molecule has 94 valence electrons. The number of aromatic nitrogens is 3. The molecule has 0 saturated heterocycles. The van der Waals surface area contributed by atoms with E-state index in [1.807, 2.05) is 0 Å². The molecule has 2 aromatic rings. The maximum atomic E-state index is 13.7. The Morgan fingerprint density at radius 2 is 2.33 bits per heavy atom. The van der Waals surface area contributed by atoms with Gasteiger partial charge in [0.1, 0.15) is 6.33 Å². The lowest BCUT2D eigenvalue weighted by atomic mass is 10.2. The van der Waals surface area contributed by atoms with Crippen molar-refractivity contribution < 1.29 is 14.3 Å². The van der Waals surface area contributed by atoms with Gasteiger partial charge in [0.25, 0.3) is 0 Å². The monoisotopic (exact) mass is 251 g/mol. The van der Waals surface area contributed by atoms with Gasteiger partial charge >= 0.3 is 6.01 Å². The van der Waals surface area contributed by atoms with Crippen molar-refractivity contribution in [3.63, 3.8) is 0 Å². The number of nitrogens with zero attached hydrogens (tertiary/aromatic N) is 4. The van der Waals surface area contributed by atoms with Gasteiger partial charge in [0.05, 0.1) is 0 Å². The first-order chi connectivity index (χ1) is 8.60. The third kappa shape index (κ3) is 2.37. The maximum absolute atomic E-state index is 13.7. The van der Waals surface area contributed by atoms with E-state index in [4.69, 9.17) is 15.7 Å². The number of ether oxygens (including phenoxy) is 1. The van der Waals surface area contributed by atoms with E-state index >= 15 is 0 Å². The Balaban J connectivity index is 2.25. The van der Waals surface area contributed by atoms with Crippen molar-refractivity contribution in [1.29, 1.82) is 0 Å². The first-order valence-electron chi connectivity index (χ1n) is 4.91. The SMILES string of the molecule is Cn1cnc(Oc2ccc(/C(N)=N/O)cc2F)n1. The average Bonchev–Trinajstić information content (AvgIpc) is 2.76. The van der Waals surface area contributed by atoms with E-state index in [0.29, 0.717) is 0 Å². The van der Waals surface area contributed by atoms with Crippen LogP contribution in [0.1, 0.15) is 5.56 Å². The molecule has 0 aliphatic rings. The molecule has 8 heteroatoms. The smallest absolute Gasteiger partial charge is 0.341 e. The van der Waals surface area contributed by atoms with Crippen molar-refractivity contribution in [3.05, 3.63) is 35.9 Å². The fourth-order valence-corrected chi connectivity index (χ4v) is 1.27. The molecule has 0 radical (unpaired) electrons. The van der Waals surface area contributed by atoms with Crippen LogP contribution in [0, 0.1) is 5.82 Å². The van der Waals surface area contributed by atoms with Gasteiger partial charge in [-0.05, 0) is 18.2 Å². The minimum absolute atomic E-state index is 0.0351. The van der Waals surface area contributed by atoms with Crippen LogP contribution in [-0.2, 0) is 7.05 Å². The van der Waals surface area contributed by atoms with Crippen LogP contribution < -0.4 is 10.5 Å². The normalized spacial score (nSPS) is 11.6. The minimum atomic E-state index is -0.661. The van der Waals surface area contributed by atoms with Crippen LogP contribution in [-0.4, -0.2) is 25.8 Å². The quantitative estimate of drug-likeness (QED) is 0.364. The zero-order valence-electron chi connectivity index (χ0n) is 9.41. The van der Waals surface area contributed by atoms with Crippen molar-refractivity contribution in [2.75, 3.05) is 0 Å². The summed E-state index contributed by atoms with van der Waals surface area (Å²) in [5, 5.41) is 15.1. The molecule has 0 aliphatic heterocycles. The molecule has 0 fully saturated rings. The van der Waals surface area contributed by atoms with Crippen LogP contribution in [0.15, 0.2) is 29.7 Å². The fourth-order valence-electron chi connectivity index (χ4n) is 1.27. The molecule has 1 heterocycles. The summed E-state index contributed by atoms with van der Waals surface area (Å²) in [7, 11) is 1.66. The van der Waals surface area contributed by atoms with Gasteiger partial charge in [0, 0.05) is 12.6 Å². The van der Waals surface area contributed by atoms with Gasteiger partial charge in [0.2, 0.25) is 0 Å². The van der Waals surface area contributed by atoms with E-state index in [2.05, 4.69) is 15.2 Å². The number of hydrogen-bond acceptors (Lipinski definition) is 5. The Kier molecular flexibility index (Phi) is 3.09. The van der Waals surface area contributed by atoms with E-state index < -0.39 is 5.82 Å². The van der Waals surface area contributed by atoms with E-state index in [1.54, 1.807) is 7.05 Å². The molecule has 7 nitrogen and oxygen atoms in total. The molecule has 0 atom stereocenters. The van der Waals surface area contributed by atoms with Crippen molar-refractivity contribution in [2.24, 2.45) is 17.9 Å². The van der Waals surface area contributed by atoms with E-state index in [-0.39, 0.29) is 23.2 Å². The van der Waals surface area contributed by atoms with Crippen molar-refractivity contribution in [3.8, 4) is 11.8 Å². The standard InChI is InChI=1S/C10H10FN5O2/c1-16-5-13-10(14-16)18-8-3-2-6(4-7(8)11)9(12)15-17/h2-5,17H,1H3,(H2,12,15). The molecule has 0 bridgehead atoms. The summed E-state index contributed by atoms with van der Waals surface area (Å²) < 4.78 is 20.2. The van der Waals surface area contributed by atoms with Crippen LogP contribution in [0.3, 0.4) is 0 Å². The molecular formula is C10H10FN5O2. The average molecular weight is 251 g/mol. The van der Waals surface area contributed by atoms with Gasteiger partial charge in [-0.25, -0.2) is 4.39 Å². The topological polar surface area (TPSA) is 98.6 Å². The second-order valence-corrected chi connectivity index (χ2v) is 3.43. The summed E-state index contributed by atoms with van der Waals surface area (Å²) in [6.45, 7) is 0. The highest BCUT2D eigenvalue weighted by atomic mass is 19.1. The number of rotatable bonds is 3. The predicted octanol–water partition coefficient (Wildman–Crippen LogP) is 0.841. The molecule has 0 spiro atoms. The second kappa shape index (κ2) is 4.70. The number of halogens is 1. The molecule has 1 aromatic carbocycles. The summed E-state index contributed by atoms with van der Waals surface area (Å²) in [6.07, 6.45) is 1.43. The summed E-state index contributed by atoms with van der Waals surface area (Å²) >= 11 is 0. The lowest BCUT2D eigenvalue weighted by Gasteiger charge is -2.04. The van der Waals surface area contributed by atoms with Gasteiger partial charge in [-0.2, -0.15) is 4.98 Å². The van der Waals surface area contributed by atoms with Gasteiger partial charge in [-0.3, -0.25) is 4.68 Å². The Bertz CT molecular complexity index is 596. The van der Waals surface area contributed by atoms with E-state index in [9.17, 15) is 4.39 Å². The highest BCUT2D eigenvalue weighted by molar-refractivity contribution is 5.97. The van der Waals surface area contributed by atoms with Crippen LogP contribution in [0.2, 0.25) is 0 Å². The first kappa shape index (κ1) is 11.8. The van der Waals surface area contributed by atoms with Crippen LogP contribution in [0.5, 0.6) is 11.8 Å². The summed E-state index contributed by atoms with van der Waals surface area (Å²) in [5.74, 6) is -0.890. The number of benzene rings is 1. The number of aryl methyl sites for hydroxylation is 1. The molecule has 0 amide bonds. The number of amidine groups is 1. The third-order valence-corrected chi connectivity index (χ3v) is 2.12. The van der Waals surface area contributed by atoms with Crippen LogP contribution in [0.25, 0.3) is 0 Å². The molecule has 0 aliphatic carbocycles. The predicted molar refractivity (Wildman–Crippen MR) is 60.0 cm³/mol. The first-order valence-corrected chi connectivity index (χ1v) is 4.91. The molecular weight excluding hydrogens is 241 g/mol. The molecule has 1 aromatic heterocycles. The molecule has 0 saturated carbocycles. The number of nitrogens with two attached hydrogens (primary N) is 1. The Hall–Kier alpha value is -2.64. The highest BCUT2D eigenvalue weighted by Gasteiger charge is 2.10. The minimum Gasteiger partial charge on any atom is -0.420 e. The second-order valence-electron chi connectivity index (χ2n) is 3.43. The molecule has 3 N–H and O–H groups in total. The van der Waals surface area contributed by atoms with E-state index in [1.165, 1.54) is 23.1 Å². The largest absolute Gasteiger partial charge is 0.420 e. The Morgan fingerprint density at radius 1 is 1.56 bits per heavy atom.